The lowest BCUT2D eigenvalue weighted by atomic mass is 10.1. The number of fused-ring (bicyclic) bond motifs is 1. The standard InChI is InChI=1S/C31H32N4O6/c1-38-27-17-23-25(18-28(27)39-16-14-24(32)31(37)40-22-9-5-6-10-22)33-15-13-26(23)41-29-12-11-21(19-34-29)35-30(36)20-7-3-2-4-8-20/h2-4,7-8,11-13,15,17-19,22,24H,5-6,9-10,14,16,32H2,1H3,(H,35,36). The molecule has 2 aromatic carbocycles. The summed E-state index contributed by atoms with van der Waals surface area (Å²) in [5, 5.41) is 3.51. The molecule has 1 aliphatic carbocycles. The Kier molecular flexibility index (Phi) is 8.90. The molecular weight excluding hydrogens is 524 g/mol. The fourth-order valence-electron chi connectivity index (χ4n) is 4.58. The Morgan fingerprint density at radius 1 is 1.00 bits per heavy atom. The molecule has 0 saturated heterocycles. The highest BCUT2D eigenvalue weighted by atomic mass is 16.5. The van der Waals surface area contributed by atoms with Gasteiger partial charge in [0.05, 0.1) is 31.1 Å². The molecule has 3 N–H and O–H groups in total. The molecule has 1 amide bonds. The largest absolute Gasteiger partial charge is 0.493 e. The zero-order chi connectivity index (χ0) is 28.6. The normalized spacial score (nSPS) is 13.9. The van der Waals surface area contributed by atoms with Crippen molar-refractivity contribution < 1.29 is 28.5 Å². The Morgan fingerprint density at radius 2 is 1.80 bits per heavy atom. The first-order chi connectivity index (χ1) is 20.0. The van der Waals surface area contributed by atoms with E-state index in [1.54, 1.807) is 67.9 Å². The van der Waals surface area contributed by atoms with Gasteiger partial charge in [-0.25, -0.2) is 4.98 Å². The second kappa shape index (κ2) is 13.1. The first-order valence-corrected chi connectivity index (χ1v) is 13.6. The van der Waals surface area contributed by atoms with Crippen LogP contribution in [0, 0.1) is 0 Å². The fraction of sp³-hybridized carbons (Fsp3) is 0.290. The van der Waals surface area contributed by atoms with E-state index in [0.29, 0.717) is 51.7 Å². The van der Waals surface area contributed by atoms with E-state index in [1.807, 2.05) is 6.07 Å². The van der Waals surface area contributed by atoms with E-state index in [4.69, 9.17) is 24.7 Å². The third-order valence-corrected chi connectivity index (χ3v) is 6.81. The van der Waals surface area contributed by atoms with Gasteiger partial charge < -0.3 is 30.0 Å². The highest BCUT2D eigenvalue weighted by Gasteiger charge is 2.23. The molecule has 0 bridgehead atoms. The van der Waals surface area contributed by atoms with E-state index < -0.39 is 12.0 Å². The topological polar surface area (TPSA) is 135 Å². The summed E-state index contributed by atoms with van der Waals surface area (Å²) in [6, 6.07) is 16.8. The first kappa shape index (κ1) is 27.9. The minimum Gasteiger partial charge on any atom is -0.493 e. The summed E-state index contributed by atoms with van der Waals surface area (Å²) in [5.41, 5.74) is 7.75. The molecule has 5 rings (SSSR count). The number of carbonyl (C=O) groups is 2. The van der Waals surface area contributed by atoms with Crippen molar-refractivity contribution in [3.63, 3.8) is 0 Å². The van der Waals surface area contributed by atoms with Crippen LogP contribution in [0.15, 0.2) is 73.1 Å². The summed E-state index contributed by atoms with van der Waals surface area (Å²) >= 11 is 0. The molecule has 1 unspecified atom stereocenters. The lowest BCUT2D eigenvalue weighted by molar-refractivity contribution is -0.150. The number of carbonyl (C=O) groups excluding carboxylic acids is 2. The SMILES string of the molecule is COc1cc2c(Oc3ccc(NC(=O)c4ccccc4)cn3)ccnc2cc1OCCC(N)C(=O)OC1CCCC1. The number of amides is 1. The molecule has 0 radical (unpaired) electrons. The van der Waals surface area contributed by atoms with E-state index >= 15 is 0 Å². The van der Waals surface area contributed by atoms with Gasteiger partial charge in [-0.3, -0.25) is 14.6 Å². The van der Waals surface area contributed by atoms with Gasteiger partial charge in [0.15, 0.2) is 11.5 Å². The van der Waals surface area contributed by atoms with Crippen LogP contribution in [0.4, 0.5) is 5.69 Å². The minimum absolute atomic E-state index is 0.0221. The zero-order valence-electron chi connectivity index (χ0n) is 22.7. The van der Waals surface area contributed by atoms with Gasteiger partial charge >= 0.3 is 5.97 Å². The van der Waals surface area contributed by atoms with Gasteiger partial charge in [-0.15, -0.1) is 0 Å². The van der Waals surface area contributed by atoms with Crippen molar-refractivity contribution in [2.45, 2.75) is 44.2 Å². The van der Waals surface area contributed by atoms with E-state index in [-0.39, 0.29) is 18.6 Å². The van der Waals surface area contributed by atoms with E-state index in [2.05, 4.69) is 15.3 Å². The molecule has 212 valence electrons. The van der Waals surface area contributed by atoms with Gasteiger partial charge in [-0.05, 0) is 56.0 Å². The smallest absolute Gasteiger partial charge is 0.323 e. The number of hydrogen-bond acceptors (Lipinski definition) is 9. The number of aromatic nitrogens is 2. The molecule has 1 aliphatic rings. The Bertz CT molecular complexity index is 1490. The van der Waals surface area contributed by atoms with Crippen molar-refractivity contribution in [3.05, 3.63) is 78.6 Å². The summed E-state index contributed by atoms with van der Waals surface area (Å²) in [7, 11) is 1.54. The van der Waals surface area contributed by atoms with Crippen LogP contribution in [-0.4, -0.2) is 47.7 Å². The lowest BCUT2D eigenvalue weighted by Gasteiger charge is -2.17. The number of esters is 1. The van der Waals surface area contributed by atoms with Crippen LogP contribution in [0.25, 0.3) is 10.9 Å². The highest BCUT2D eigenvalue weighted by molar-refractivity contribution is 6.04. The zero-order valence-corrected chi connectivity index (χ0v) is 22.7. The van der Waals surface area contributed by atoms with Crippen LogP contribution in [-0.2, 0) is 9.53 Å². The lowest BCUT2D eigenvalue weighted by Crippen LogP contribution is -2.35. The van der Waals surface area contributed by atoms with Gasteiger partial charge in [-0.1, -0.05) is 18.2 Å². The molecule has 2 heterocycles. The molecule has 1 saturated carbocycles. The number of pyridine rings is 2. The average Bonchev–Trinajstić information content (AvgIpc) is 3.51. The Labute approximate surface area is 237 Å². The van der Waals surface area contributed by atoms with Crippen molar-refractivity contribution in [1.29, 1.82) is 0 Å². The van der Waals surface area contributed by atoms with Crippen LogP contribution < -0.4 is 25.3 Å². The van der Waals surface area contributed by atoms with Crippen molar-refractivity contribution in [1.82, 2.24) is 9.97 Å². The molecule has 10 nitrogen and oxygen atoms in total. The Hall–Kier alpha value is -4.70. The van der Waals surface area contributed by atoms with Crippen molar-refractivity contribution >= 4 is 28.5 Å². The van der Waals surface area contributed by atoms with Crippen LogP contribution in [0.1, 0.15) is 42.5 Å². The number of methoxy groups -OCH3 is 1. The van der Waals surface area contributed by atoms with Gasteiger partial charge in [0, 0.05) is 35.7 Å². The predicted molar refractivity (Wildman–Crippen MR) is 153 cm³/mol. The summed E-state index contributed by atoms with van der Waals surface area (Å²) in [4.78, 5) is 33.4. The minimum atomic E-state index is -0.759. The molecule has 10 heteroatoms. The van der Waals surface area contributed by atoms with Gasteiger partial charge in [0.2, 0.25) is 5.88 Å². The second-order valence-corrected chi connectivity index (χ2v) is 9.72. The maximum Gasteiger partial charge on any atom is 0.323 e. The van der Waals surface area contributed by atoms with Crippen molar-refractivity contribution in [2.24, 2.45) is 5.73 Å². The van der Waals surface area contributed by atoms with Crippen molar-refractivity contribution in [3.8, 4) is 23.1 Å². The number of hydrogen-bond donors (Lipinski definition) is 2. The van der Waals surface area contributed by atoms with Gasteiger partial charge in [0.25, 0.3) is 5.91 Å². The number of nitrogens with zero attached hydrogens (tertiary/aromatic N) is 2. The third kappa shape index (κ3) is 7.09. The molecular formula is C31H32N4O6. The number of anilines is 1. The molecule has 1 fully saturated rings. The van der Waals surface area contributed by atoms with Crippen LogP contribution >= 0.6 is 0 Å². The van der Waals surface area contributed by atoms with E-state index in [1.165, 1.54) is 6.20 Å². The number of nitrogens with one attached hydrogen (secondary N) is 1. The second-order valence-electron chi connectivity index (χ2n) is 9.72. The maximum absolute atomic E-state index is 12.4. The summed E-state index contributed by atoms with van der Waals surface area (Å²) in [6.07, 6.45) is 7.39. The summed E-state index contributed by atoms with van der Waals surface area (Å²) in [6.45, 7) is 0.204. The number of rotatable bonds is 11. The summed E-state index contributed by atoms with van der Waals surface area (Å²) in [5.74, 6) is 1.19. The monoisotopic (exact) mass is 556 g/mol. The first-order valence-electron chi connectivity index (χ1n) is 13.6. The number of ether oxygens (including phenoxy) is 4. The Balaban J connectivity index is 1.22. The van der Waals surface area contributed by atoms with E-state index in [9.17, 15) is 9.59 Å². The maximum atomic E-state index is 12.4. The van der Waals surface area contributed by atoms with Gasteiger partial charge in [-0.2, -0.15) is 0 Å². The molecule has 0 spiro atoms. The molecule has 41 heavy (non-hydrogen) atoms. The molecule has 1 atom stereocenters. The number of benzene rings is 2. The fourth-order valence-corrected chi connectivity index (χ4v) is 4.58. The average molecular weight is 557 g/mol. The third-order valence-electron chi connectivity index (χ3n) is 6.81. The van der Waals surface area contributed by atoms with Crippen molar-refractivity contribution in [2.75, 3.05) is 19.0 Å². The Morgan fingerprint density at radius 3 is 2.54 bits per heavy atom. The number of nitrogens with two attached hydrogens (primary N) is 1. The highest BCUT2D eigenvalue weighted by Crippen LogP contribution is 2.37. The molecule has 0 aliphatic heterocycles. The predicted octanol–water partition coefficient (Wildman–Crippen LogP) is 5.27. The quantitative estimate of drug-likeness (QED) is 0.237. The van der Waals surface area contributed by atoms with Gasteiger partial charge in [0.1, 0.15) is 17.9 Å². The van der Waals surface area contributed by atoms with Crippen LogP contribution in [0.5, 0.6) is 23.1 Å². The molecule has 4 aromatic rings. The van der Waals surface area contributed by atoms with Crippen LogP contribution in [0.2, 0.25) is 0 Å². The summed E-state index contributed by atoms with van der Waals surface area (Å²) < 4.78 is 23.0. The van der Waals surface area contributed by atoms with Crippen LogP contribution in [0.3, 0.4) is 0 Å². The molecule has 2 aromatic heterocycles. The van der Waals surface area contributed by atoms with E-state index in [0.717, 1.165) is 25.7 Å².